The Morgan fingerprint density at radius 1 is 0.941 bits per heavy atom. The van der Waals surface area contributed by atoms with Crippen LogP contribution in [0.4, 0.5) is 0 Å². The van der Waals surface area contributed by atoms with Gasteiger partial charge in [-0.3, -0.25) is 14.5 Å². The number of halogens is 2. The van der Waals surface area contributed by atoms with Crippen LogP contribution in [0.2, 0.25) is 10.0 Å². The van der Waals surface area contributed by atoms with Gasteiger partial charge in [0, 0.05) is 70.9 Å². The zero-order valence-electron chi connectivity index (χ0n) is 19.9. The molecule has 1 aromatic carbocycles. The molecule has 2 heterocycles. The van der Waals surface area contributed by atoms with Gasteiger partial charge in [-0.15, -0.1) is 0 Å². The summed E-state index contributed by atoms with van der Waals surface area (Å²) in [5.74, 6) is 0.0654. The number of carbonyl (C=O) groups is 2. The van der Waals surface area contributed by atoms with Crippen LogP contribution in [0, 0.1) is 0 Å². The summed E-state index contributed by atoms with van der Waals surface area (Å²) in [6, 6.07) is 6.09. The van der Waals surface area contributed by atoms with Crippen LogP contribution in [0.5, 0.6) is 0 Å². The third-order valence-corrected chi connectivity index (χ3v) is 8.15. The molecule has 0 bridgehead atoms. The van der Waals surface area contributed by atoms with E-state index in [1.165, 1.54) is 38.8 Å². The molecule has 3 fully saturated rings. The predicted molar refractivity (Wildman–Crippen MR) is 138 cm³/mol. The molecular formula is C26H36Cl2N4O2. The second-order valence-corrected chi connectivity index (χ2v) is 10.4. The zero-order valence-corrected chi connectivity index (χ0v) is 21.4. The van der Waals surface area contributed by atoms with E-state index in [0.717, 1.165) is 44.2 Å². The third kappa shape index (κ3) is 6.97. The third-order valence-electron chi connectivity index (χ3n) is 7.41. The van der Waals surface area contributed by atoms with E-state index < -0.39 is 0 Å². The molecule has 2 amide bonds. The van der Waals surface area contributed by atoms with Gasteiger partial charge in [-0.2, -0.15) is 0 Å². The highest BCUT2D eigenvalue weighted by Gasteiger charge is 2.26. The Bertz CT molecular complexity index is 880. The number of benzene rings is 1. The molecule has 6 nitrogen and oxygen atoms in total. The van der Waals surface area contributed by atoms with Crippen molar-refractivity contribution in [1.29, 1.82) is 0 Å². The van der Waals surface area contributed by atoms with Gasteiger partial charge in [0.25, 0.3) is 0 Å². The monoisotopic (exact) mass is 506 g/mol. The molecule has 3 aliphatic rings. The number of amides is 2. The summed E-state index contributed by atoms with van der Waals surface area (Å²) in [5.41, 5.74) is 0.819. The fraction of sp³-hybridized carbons (Fsp3) is 0.615. The summed E-state index contributed by atoms with van der Waals surface area (Å²) in [6.45, 7) is 8.07. The lowest BCUT2D eigenvalue weighted by atomic mass is 10.2. The second-order valence-electron chi connectivity index (χ2n) is 9.63. The van der Waals surface area contributed by atoms with Gasteiger partial charge >= 0.3 is 0 Å². The molecule has 0 N–H and O–H groups in total. The average molecular weight is 508 g/mol. The molecule has 1 aliphatic carbocycles. The average Bonchev–Trinajstić information content (AvgIpc) is 3.32. The maximum Gasteiger partial charge on any atom is 0.246 e. The van der Waals surface area contributed by atoms with Gasteiger partial charge < -0.3 is 14.7 Å². The van der Waals surface area contributed by atoms with Crippen LogP contribution < -0.4 is 0 Å². The van der Waals surface area contributed by atoms with Gasteiger partial charge in [0.1, 0.15) is 0 Å². The summed E-state index contributed by atoms with van der Waals surface area (Å²) < 4.78 is 0. The van der Waals surface area contributed by atoms with Crippen LogP contribution in [0.3, 0.4) is 0 Å². The van der Waals surface area contributed by atoms with Crippen molar-refractivity contribution in [3.63, 3.8) is 0 Å². The molecule has 34 heavy (non-hydrogen) atoms. The van der Waals surface area contributed by atoms with Gasteiger partial charge in [-0.25, -0.2) is 0 Å². The van der Waals surface area contributed by atoms with Crippen LogP contribution in [-0.2, 0) is 9.59 Å². The van der Waals surface area contributed by atoms with Crippen LogP contribution >= 0.6 is 23.2 Å². The number of piperazine rings is 1. The van der Waals surface area contributed by atoms with Gasteiger partial charge in [0.05, 0.1) is 10.0 Å². The SMILES string of the molecule is O=C(/C=C/c1ccc(Cl)c(Cl)c1)N1CCC(=O)N(CCCN2CCN(C3CCCC3)CC2)CC1. The number of rotatable bonds is 7. The Morgan fingerprint density at radius 3 is 2.44 bits per heavy atom. The maximum atomic E-state index is 12.7. The standard InChI is InChI=1S/C26H36Cl2N4O2/c27-23-8-6-21(20-24(23)28)7-9-25(33)32-13-10-26(34)31(18-19-32)12-3-11-29-14-16-30(17-15-29)22-4-1-2-5-22/h6-9,20,22H,1-5,10-19H2/b9-7+. The highest BCUT2D eigenvalue weighted by molar-refractivity contribution is 6.42. The highest BCUT2D eigenvalue weighted by atomic mass is 35.5. The fourth-order valence-electron chi connectivity index (χ4n) is 5.32. The van der Waals surface area contributed by atoms with Crippen LogP contribution in [-0.4, -0.2) is 96.4 Å². The summed E-state index contributed by atoms with van der Waals surface area (Å²) in [7, 11) is 0. The van der Waals surface area contributed by atoms with Crippen molar-refractivity contribution in [3.05, 3.63) is 39.9 Å². The Hall–Kier alpha value is -1.60. The lowest BCUT2D eigenvalue weighted by Crippen LogP contribution is -2.50. The van der Waals surface area contributed by atoms with Crippen molar-refractivity contribution >= 4 is 41.1 Å². The minimum atomic E-state index is -0.0825. The Labute approximate surface area is 213 Å². The van der Waals surface area contributed by atoms with E-state index in [4.69, 9.17) is 23.2 Å². The maximum absolute atomic E-state index is 12.7. The number of nitrogens with zero attached hydrogens (tertiary/aromatic N) is 4. The number of hydrogen-bond donors (Lipinski definition) is 0. The first kappa shape index (κ1) is 25.5. The summed E-state index contributed by atoms with van der Waals surface area (Å²) >= 11 is 12.0. The predicted octanol–water partition coefficient (Wildman–Crippen LogP) is 4.02. The van der Waals surface area contributed by atoms with E-state index in [1.54, 1.807) is 29.2 Å². The molecule has 2 aliphatic heterocycles. The van der Waals surface area contributed by atoms with Gasteiger partial charge in [0.2, 0.25) is 11.8 Å². The Balaban J connectivity index is 1.18. The lowest BCUT2D eigenvalue weighted by molar-refractivity contribution is -0.130. The fourth-order valence-corrected chi connectivity index (χ4v) is 5.63. The van der Waals surface area contributed by atoms with Gasteiger partial charge in [0.15, 0.2) is 0 Å². The molecular weight excluding hydrogens is 471 g/mol. The molecule has 186 valence electrons. The summed E-state index contributed by atoms with van der Waals surface area (Å²) in [4.78, 5) is 34.2. The van der Waals surface area contributed by atoms with Crippen LogP contribution in [0.15, 0.2) is 24.3 Å². The molecule has 1 saturated carbocycles. The molecule has 0 atom stereocenters. The minimum absolute atomic E-state index is 0.0825. The van der Waals surface area contributed by atoms with Crippen molar-refractivity contribution in [2.24, 2.45) is 0 Å². The molecule has 0 radical (unpaired) electrons. The molecule has 0 aromatic heterocycles. The second kappa shape index (κ2) is 12.4. The van der Waals surface area contributed by atoms with E-state index >= 15 is 0 Å². The van der Waals surface area contributed by atoms with E-state index in [-0.39, 0.29) is 11.8 Å². The van der Waals surface area contributed by atoms with Crippen LogP contribution in [0.25, 0.3) is 6.08 Å². The van der Waals surface area contributed by atoms with Crippen molar-refractivity contribution in [3.8, 4) is 0 Å². The molecule has 8 heteroatoms. The smallest absolute Gasteiger partial charge is 0.246 e. The first-order valence-electron chi connectivity index (χ1n) is 12.7. The Morgan fingerprint density at radius 2 is 1.71 bits per heavy atom. The van der Waals surface area contributed by atoms with Crippen molar-refractivity contribution < 1.29 is 9.59 Å². The zero-order chi connectivity index (χ0) is 23.9. The first-order chi connectivity index (χ1) is 16.5. The highest BCUT2D eigenvalue weighted by Crippen LogP contribution is 2.25. The van der Waals surface area contributed by atoms with Crippen molar-refractivity contribution in [1.82, 2.24) is 19.6 Å². The lowest BCUT2D eigenvalue weighted by Gasteiger charge is -2.38. The van der Waals surface area contributed by atoms with E-state index in [0.29, 0.717) is 36.1 Å². The number of hydrogen-bond acceptors (Lipinski definition) is 4. The quantitative estimate of drug-likeness (QED) is 0.524. The van der Waals surface area contributed by atoms with Crippen molar-refractivity contribution in [2.75, 3.05) is 58.9 Å². The van der Waals surface area contributed by atoms with Crippen molar-refractivity contribution in [2.45, 2.75) is 44.6 Å². The minimum Gasteiger partial charge on any atom is -0.341 e. The van der Waals surface area contributed by atoms with Crippen LogP contribution in [0.1, 0.15) is 44.1 Å². The summed E-state index contributed by atoms with van der Waals surface area (Å²) in [6.07, 6.45) is 10.2. The van der Waals surface area contributed by atoms with Gasteiger partial charge in [-0.1, -0.05) is 42.1 Å². The van der Waals surface area contributed by atoms with E-state index in [2.05, 4.69) is 9.80 Å². The first-order valence-corrected chi connectivity index (χ1v) is 13.4. The molecule has 2 saturated heterocycles. The molecule has 0 unspecified atom stereocenters. The van der Waals surface area contributed by atoms with E-state index in [1.807, 2.05) is 11.0 Å². The summed E-state index contributed by atoms with van der Waals surface area (Å²) in [5, 5.41) is 0.950. The normalized spacial score (nSPS) is 21.5. The molecule has 0 spiro atoms. The topological polar surface area (TPSA) is 47.1 Å². The molecule has 4 rings (SSSR count). The van der Waals surface area contributed by atoms with Gasteiger partial charge in [-0.05, 0) is 49.6 Å². The largest absolute Gasteiger partial charge is 0.341 e. The Kier molecular flexibility index (Phi) is 9.29. The number of carbonyl (C=O) groups excluding carboxylic acids is 2. The molecule has 1 aromatic rings. The van der Waals surface area contributed by atoms with E-state index in [9.17, 15) is 9.59 Å².